The maximum atomic E-state index is 13.1. The van der Waals surface area contributed by atoms with Crippen LogP contribution in [0.1, 0.15) is 30.9 Å². The highest BCUT2D eigenvalue weighted by atomic mass is 16.2. The van der Waals surface area contributed by atoms with E-state index in [1.165, 1.54) is 18.7 Å². The summed E-state index contributed by atoms with van der Waals surface area (Å²) in [5, 5.41) is 3.04. The van der Waals surface area contributed by atoms with E-state index < -0.39 is 5.92 Å². The Morgan fingerprint density at radius 1 is 1.12 bits per heavy atom. The van der Waals surface area contributed by atoms with Gasteiger partial charge in [-0.15, -0.1) is 0 Å². The van der Waals surface area contributed by atoms with Crippen LogP contribution in [0.4, 0.5) is 5.69 Å². The smallest absolute Gasteiger partial charge is 0.243 e. The van der Waals surface area contributed by atoms with Crippen LogP contribution in [-0.2, 0) is 14.4 Å². The average Bonchev–Trinajstić information content (AvgIpc) is 2.53. The molecule has 124 valence electrons. The largest absolute Gasteiger partial charge is 0.391 e. The molecule has 0 saturated carbocycles. The summed E-state index contributed by atoms with van der Waals surface area (Å²) in [4.78, 5) is 38.6. The zero-order chi connectivity index (χ0) is 17.6. The van der Waals surface area contributed by atoms with Crippen LogP contribution in [-0.4, -0.2) is 24.6 Å². The number of nitrogens with one attached hydrogen (secondary N) is 1. The van der Waals surface area contributed by atoms with Crippen LogP contribution in [0.15, 0.2) is 41.6 Å². The van der Waals surface area contributed by atoms with E-state index >= 15 is 0 Å². The summed E-state index contributed by atoms with van der Waals surface area (Å²) in [7, 11) is 1.74. The molecule has 0 radical (unpaired) electrons. The van der Waals surface area contributed by atoms with Crippen LogP contribution < -0.4 is 10.2 Å². The zero-order valence-electron chi connectivity index (χ0n) is 14.2. The van der Waals surface area contributed by atoms with Crippen LogP contribution in [0.5, 0.6) is 0 Å². The van der Waals surface area contributed by atoms with Gasteiger partial charge in [0.2, 0.25) is 11.8 Å². The number of nitrogens with zero attached hydrogens (tertiary/aromatic N) is 1. The minimum Gasteiger partial charge on any atom is -0.391 e. The van der Waals surface area contributed by atoms with Gasteiger partial charge in [0.1, 0.15) is 0 Å². The molecule has 1 N–H and O–H groups in total. The molecule has 1 aliphatic carbocycles. The van der Waals surface area contributed by atoms with E-state index in [9.17, 15) is 14.4 Å². The van der Waals surface area contributed by atoms with Crippen LogP contribution in [0.3, 0.4) is 0 Å². The summed E-state index contributed by atoms with van der Waals surface area (Å²) in [5.74, 6) is -1.63. The first kappa shape index (κ1) is 16.2. The lowest BCUT2D eigenvalue weighted by atomic mass is 9.71. The lowest BCUT2D eigenvalue weighted by molar-refractivity contribution is -0.128. The Balaban J connectivity index is 2.31. The number of ketones is 1. The highest BCUT2D eigenvalue weighted by Gasteiger charge is 2.47. The van der Waals surface area contributed by atoms with Gasteiger partial charge in [-0.2, -0.15) is 0 Å². The number of anilines is 1. The Hall–Kier alpha value is -2.69. The lowest BCUT2D eigenvalue weighted by Crippen LogP contribution is -2.49. The molecule has 2 unspecified atom stereocenters. The first-order valence-corrected chi connectivity index (χ1v) is 7.92. The molecule has 2 amide bonds. The second-order valence-corrected chi connectivity index (χ2v) is 6.26. The van der Waals surface area contributed by atoms with Crippen LogP contribution in [0.25, 0.3) is 0 Å². The molecule has 0 saturated heterocycles. The Morgan fingerprint density at radius 2 is 1.83 bits per heavy atom. The van der Waals surface area contributed by atoms with Crippen molar-refractivity contribution in [1.29, 1.82) is 0 Å². The second-order valence-electron chi connectivity index (χ2n) is 6.26. The topological polar surface area (TPSA) is 66.5 Å². The molecule has 5 nitrogen and oxygen atoms in total. The molecule has 0 spiro atoms. The summed E-state index contributed by atoms with van der Waals surface area (Å²) in [6.45, 7) is 4.85. The molecule has 1 aliphatic heterocycles. The molecular formula is C19H20N2O3. The van der Waals surface area contributed by atoms with Crippen molar-refractivity contribution in [2.45, 2.75) is 26.7 Å². The van der Waals surface area contributed by atoms with Crippen molar-refractivity contribution in [2.24, 2.45) is 5.92 Å². The van der Waals surface area contributed by atoms with Gasteiger partial charge in [-0.05, 0) is 31.6 Å². The maximum absolute atomic E-state index is 13.1. The first-order valence-electron chi connectivity index (χ1n) is 7.92. The lowest BCUT2D eigenvalue weighted by Gasteiger charge is -2.41. The predicted molar refractivity (Wildman–Crippen MR) is 91.5 cm³/mol. The standard InChI is InChI=1S/C19H20N2O3/c1-10-5-8-16-14(9-10)17-13(11(2)22)6-7-15(20-4)18(17)19(24)21(16)12(3)23/h5-9,17-18,20H,1-4H3. The third-order valence-electron chi connectivity index (χ3n) is 4.70. The maximum Gasteiger partial charge on any atom is 0.243 e. The monoisotopic (exact) mass is 324 g/mol. The molecule has 3 rings (SSSR count). The van der Waals surface area contributed by atoms with Gasteiger partial charge in [-0.3, -0.25) is 14.4 Å². The first-order chi connectivity index (χ1) is 11.4. The van der Waals surface area contributed by atoms with Gasteiger partial charge in [0.05, 0.1) is 11.6 Å². The van der Waals surface area contributed by atoms with E-state index in [4.69, 9.17) is 0 Å². The van der Waals surface area contributed by atoms with Gasteiger partial charge in [-0.25, -0.2) is 4.90 Å². The van der Waals surface area contributed by atoms with Crippen LogP contribution in [0.2, 0.25) is 0 Å². The average molecular weight is 324 g/mol. The summed E-state index contributed by atoms with van der Waals surface area (Å²) in [5.41, 5.74) is 3.76. The summed E-state index contributed by atoms with van der Waals surface area (Å²) < 4.78 is 0. The Bertz CT molecular complexity index is 820. The fourth-order valence-corrected chi connectivity index (χ4v) is 3.65. The molecule has 0 aromatic heterocycles. The van der Waals surface area contributed by atoms with E-state index in [1.54, 1.807) is 25.3 Å². The third kappa shape index (κ3) is 2.28. The number of fused-ring (bicyclic) bond motifs is 3. The Labute approximate surface area is 141 Å². The van der Waals surface area contributed by atoms with Crippen molar-refractivity contribution in [3.63, 3.8) is 0 Å². The normalized spacial score (nSPS) is 22.2. The van der Waals surface area contributed by atoms with Crippen molar-refractivity contribution >= 4 is 23.3 Å². The Kier molecular flexibility index (Phi) is 3.87. The van der Waals surface area contributed by atoms with Crippen molar-refractivity contribution < 1.29 is 14.4 Å². The zero-order valence-corrected chi connectivity index (χ0v) is 14.2. The molecule has 1 aromatic carbocycles. The van der Waals surface area contributed by atoms with Crippen LogP contribution >= 0.6 is 0 Å². The van der Waals surface area contributed by atoms with Crippen molar-refractivity contribution in [1.82, 2.24) is 5.32 Å². The number of benzene rings is 1. The minimum absolute atomic E-state index is 0.0621. The molecule has 0 bridgehead atoms. The number of hydrogen-bond acceptors (Lipinski definition) is 4. The summed E-state index contributed by atoms with van der Waals surface area (Å²) >= 11 is 0. The number of aryl methyl sites for hydroxylation is 1. The highest BCUT2D eigenvalue weighted by molar-refractivity contribution is 6.18. The van der Waals surface area contributed by atoms with E-state index in [0.29, 0.717) is 17.0 Å². The van der Waals surface area contributed by atoms with Crippen LogP contribution in [0, 0.1) is 12.8 Å². The van der Waals surface area contributed by atoms with Crippen molar-refractivity contribution in [2.75, 3.05) is 11.9 Å². The van der Waals surface area contributed by atoms with Gasteiger partial charge in [0, 0.05) is 31.2 Å². The molecule has 2 atom stereocenters. The number of allylic oxidation sites excluding steroid dienone is 3. The van der Waals surface area contributed by atoms with Gasteiger partial charge in [0.15, 0.2) is 5.78 Å². The van der Waals surface area contributed by atoms with Gasteiger partial charge >= 0.3 is 0 Å². The summed E-state index contributed by atoms with van der Waals surface area (Å²) in [6, 6.07) is 5.62. The Morgan fingerprint density at radius 3 is 2.42 bits per heavy atom. The number of hydrogen-bond donors (Lipinski definition) is 1. The molecular weight excluding hydrogens is 304 g/mol. The van der Waals surface area contributed by atoms with Gasteiger partial charge in [-0.1, -0.05) is 23.8 Å². The number of Topliss-reactive ketones (excluding diaryl/α,β-unsaturated/α-hetero) is 1. The molecule has 1 aromatic rings. The molecule has 1 heterocycles. The number of carbonyl (C=O) groups excluding carboxylic acids is 3. The van der Waals surface area contributed by atoms with Crippen molar-refractivity contribution in [3.05, 3.63) is 52.7 Å². The third-order valence-corrected chi connectivity index (χ3v) is 4.70. The molecule has 24 heavy (non-hydrogen) atoms. The SMILES string of the molecule is CNC1=CC=C(C(C)=O)C2c3cc(C)ccc3N(C(C)=O)C(=O)C12. The molecule has 0 fully saturated rings. The quantitative estimate of drug-likeness (QED) is 0.906. The summed E-state index contributed by atoms with van der Waals surface area (Å²) in [6.07, 6.45) is 3.53. The fraction of sp³-hybridized carbons (Fsp3) is 0.316. The van der Waals surface area contributed by atoms with E-state index in [2.05, 4.69) is 5.32 Å². The van der Waals surface area contributed by atoms with E-state index in [-0.39, 0.29) is 23.5 Å². The predicted octanol–water partition coefficient (Wildman–Crippen LogP) is 2.22. The van der Waals surface area contributed by atoms with Gasteiger partial charge < -0.3 is 5.32 Å². The fourth-order valence-electron chi connectivity index (χ4n) is 3.65. The minimum atomic E-state index is -0.586. The number of rotatable bonds is 2. The molecule has 2 aliphatic rings. The number of amides is 2. The highest BCUT2D eigenvalue weighted by Crippen LogP contribution is 2.47. The van der Waals surface area contributed by atoms with E-state index in [0.717, 1.165) is 11.1 Å². The van der Waals surface area contributed by atoms with Gasteiger partial charge in [0.25, 0.3) is 0 Å². The molecule has 5 heteroatoms. The van der Waals surface area contributed by atoms with E-state index in [1.807, 2.05) is 19.1 Å². The number of carbonyl (C=O) groups is 3. The second kappa shape index (κ2) is 5.74. The van der Waals surface area contributed by atoms with Crippen molar-refractivity contribution in [3.8, 4) is 0 Å². The number of imide groups is 1.